The summed E-state index contributed by atoms with van der Waals surface area (Å²) in [5.74, 6) is 2.10. The molecule has 1 N–H and O–H groups in total. The Labute approximate surface area is 204 Å². The van der Waals surface area contributed by atoms with E-state index in [1.54, 1.807) is 12.4 Å². The van der Waals surface area contributed by atoms with Gasteiger partial charge in [0.05, 0.1) is 0 Å². The number of aryl methyl sites for hydroxylation is 1. The zero-order chi connectivity index (χ0) is 24.7. The van der Waals surface area contributed by atoms with E-state index in [-0.39, 0.29) is 11.5 Å². The molecule has 1 aliphatic rings. The molecule has 0 bridgehead atoms. The van der Waals surface area contributed by atoms with Crippen LogP contribution < -0.4 is 0 Å². The number of hydrogen-bond donors (Lipinski definition) is 1. The van der Waals surface area contributed by atoms with Crippen LogP contribution in [0.5, 0.6) is 0 Å². The average molecular weight is 462 g/mol. The Morgan fingerprint density at radius 3 is 2.29 bits per heavy atom. The van der Waals surface area contributed by atoms with Gasteiger partial charge in [0.25, 0.3) is 0 Å². The summed E-state index contributed by atoms with van der Waals surface area (Å²) in [4.78, 5) is 11.6. The highest BCUT2D eigenvalue weighted by Crippen LogP contribution is 2.50. The molecule has 1 fully saturated rings. The highest BCUT2D eigenvalue weighted by Gasteiger charge is 2.55. The summed E-state index contributed by atoms with van der Waals surface area (Å²) >= 11 is 0. The number of nitrogens with zero attached hydrogens (tertiary/aromatic N) is 5. The van der Waals surface area contributed by atoms with Gasteiger partial charge >= 0.3 is 0 Å². The quantitative estimate of drug-likeness (QED) is 0.500. The minimum atomic E-state index is -1.18. The molecule has 34 heavy (non-hydrogen) atoms. The van der Waals surface area contributed by atoms with Crippen LogP contribution in [0.3, 0.4) is 0 Å². The number of benzene rings is 1. The Kier molecular flexibility index (Phi) is 6.67. The van der Waals surface area contributed by atoms with E-state index < -0.39 is 5.60 Å². The molecule has 182 valence electrons. The summed E-state index contributed by atoms with van der Waals surface area (Å²) < 4.78 is 2.00. The molecule has 3 aromatic rings. The Hall–Kier alpha value is -2.57. The molecule has 0 unspecified atom stereocenters. The molecule has 3 heterocycles. The lowest BCUT2D eigenvalue weighted by molar-refractivity contribution is -0.127. The SMILES string of the molecule is CCCc1nc(-c2cncc([C@@](O)(c3ccc(C(C)C)cc3)C3(C)CN(C)C3)c2)nn1C(C)C. The van der Waals surface area contributed by atoms with Crippen LogP contribution in [0.15, 0.2) is 42.7 Å². The van der Waals surface area contributed by atoms with E-state index in [1.165, 1.54) is 5.56 Å². The number of likely N-dealkylation sites (tertiary alicyclic amines) is 1. The Morgan fingerprint density at radius 2 is 1.74 bits per heavy atom. The number of rotatable bonds is 8. The van der Waals surface area contributed by atoms with E-state index in [2.05, 4.69) is 82.7 Å². The first kappa shape index (κ1) is 24.6. The highest BCUT2D eigenvalue weighted by molar-refractivity contribution is 5.56. The maximum atomic E-state index is 12.5. The van der Waals surface area contributed by atoms with Crippen molar-refractivity contribution in [3.63, 3.8) is 0 Å². The number of hydrogen-bond acceptors (Lipinski definition) is 5. The zero-order valence-electron chi connectivity index (χ0n) is 21.7. The van der Waals surface area contributed by atoms with Crippen LogP contribution in [0.2, 0.25) is 0 Å². The molecule has 1 aliphatic heterocycles. The van der Waals surface area contributed by atoms with Gasteiger partial charge in [-0.05, 0) is 50.4 Å². The molecule has 1 aromatic carbocycles. The van der Waals surface area contributed by atoms with Crippen LogP contribution >= 0.6 is 0 Å². The molecule has 4 rings (SSSR count). The lowest BCUT2D eigenvalue weighted by atomic mass is 9.62. The minimum Gasteiger partial charge on any atom is -0.380 e. The molecule has 0 amide bonds. The normalized spacial score (nSPS) is 17.7. The van der Waals surface area contributed by atoms with Crippen molar-refractivity contribution in [1.82, 2.24) is 24.6 Å². The second kappa shape index (κ2) is 9.23. The van der Waals surface area contributed by atoms with Gasteiger partial charge in [-0.15, -0.1) is 0 Å². The summed E-state index contributed by atoms with van der Waals surface area (Å²) in [6.07, 6.45) is 5.50. The van der Waals surface area contributed by atoms with E-state index in [0.29, 0.717) is 11.7 Å². The maximum Gasteiger partial charge on any atom is 0.182 e. The van der Waals surface area contributed by atoms with Crippen LogP contribution in [-0.2, 0) is 12.0 Å². The third-order valence-corrected chi connectivity index (χ3v) is 7.19. The predicted molar refractivity (Wildman–Crippen MR) is 137 cm³/mol. The Balaban J connectivity index is 1.81. The first-order chi connectivity index (χ1) is 16.1. The minimum absolute atomic E-state index is 0.236. The smallest absolute Gasteiger partial charge is 0.182 e. The predicted octanol–water partition coefficient (Wildman–Crippen LogP) is 5.18. The molecular weight excluding hydrogens is 422 g/mol. The van der Waals surface area contributed by atoms with Gasteiger partial charge in [-0.1, -0.05) is 52.0 Å². The van der Waals surface area contributed by atoms with E-state index in [0.717, 1.165) is 48.4 Å². The second-order valence-electron chi connectivity index (χ2n) is 10.8. The summed E-state index contributed by atoms with van der Waals surface area (Å²) in [6, 6.07) is 10.7. The lowest BCUT2D eigenvalue weighted by Crippen LogP contribution is -2.63. The van der Waals surface area contributed by atoms with Crippen molar-refractivity contribution in [1.29, 1.82) is 0 Å². The first-order valence-corrected chi connectivity index (χ1v) is 12.5. The summed E-state index contributed by atoms with van der Waals surface area (Å²) in [6.45, 7) is 14.6. The van der Waals surface area contributed by atoms with Gasteiger partial charge in [-0.25, -0.2) is 9.67 Å². The van der Waals surface area contributed by atoms with Gasteiger partial charge in [0.15, 0.2) is 5.82 Å². The molecule has 2 aromatic heterocycles. The molecule has 6 nitrogen and oxygen atoms in total. The van der Waals surface area contributed by atoms with Gasteiger partial charge in [0.2, 0.25) is 0 Å². The van der Waals surface area contributed by atoms with E-state index in [9.17, 15) is 5.11 Å². The van der Waals surface area contributed by atoms with Crippen molar-refractivity contribution in [2.45, 2.75) is 71.9 Å². The topological polar surface area (TPSA) is 67.1 Å². The van der Waals surface area contributed by atoms with Crippen molar-refractivity contribution >= 4 is 0 Å². The van der Waals surface area contributed by atoms with Crippen molar-refractivity contribution in [3.05, 3.63) is 65.2 Å². The second-order valence-corrected chi connectivity index (χ2v) is 10.8. The first-order valence-electron chi connectivity index (χ1n) is 12.5. The molecule has 0 saturated carbocycles. The average Bonchev–Trinajstić information content (AvgIpc) is 3.22. The standard InChI is InChI=1S/C28H39N5O/c1-8-9-25-30-26(31-33(25)20(4)5)22-14-24(16-29-15-22)28(34,27(6)17-32(7)18-27)23-12-10-21(11-13-23)19(2)3/h10-16,19-20,34H,8-9,17-18H2,1-7H3/t28-/m0/s1. The van der Waals surface area contributed by atoms with E-state index in [4.69, 9.17) is 10.1 Å². The molecular formula is C28H39N5O. The molecule has 0 aliphatic carbocycles. The summed E-state index contributed by atoms with van der Waals surface area (Å²) in [5.41, 5.74) is 2.28. The summed E-state index contributed by atoms with van der Waals surface area (Å²) in [7, 11) is 2.09. The van der Waals surface area contributed by atoms with Gasteiger partial charge < -0.3 is 10.0 Å². The van der Waals surface area contributed by atoms with Gasteiger partial charge in [-0.3, -0.25) is 4.98 Å². The molecule has 0 radical (unpaired) electrons. The van der Waals surface area contributed by atoms with E-state index >= 15 is 0 Å². The number of pyridine rings is 1. The van der Waals surface area contributed by atoms with Crippen LogP contribution in [0.25, 0.3) is 11.4 Å². The van der Waals surface area contributed by atoms with Gasteiger partial charge in [0.1, 0.15) is 11.4 Å². The Morgan fingerprint density at radius 1 is 1.06 bits per heavy atom. The number of aromatic nitrogens is 4. The fourth-order valence-electron chi connectivity index (χ4n) is 5.39. The monoisotopic (exact) mass is 461 g/mol. The molecule has 1 atom stereocenters. The van der Waals surface area contributed by atoms with Crippen molar-refractivity contribution in [2.24, 2.45) is 5.41 Å². The third kappa shape index (κ3) is 4.18. The largest absolute Gasteiger partial charge is 0.380 e. The van der Waals surface area contributed by atoms with Crippen LogP contribution in [0, 0.1) is 5.41 Å². The highest BCUT2D eigenvalue weighted by atomic mass is 16.3. The van der Waals surface area contributed by atoms with Crippen molar-refractivity contribution in [3.8, 4) is 11.4 Å². The van der Waals surface area contributed by atoms with Crippen LogP contribution in [0.1, 0.15) is 82.4 Å². The van der Waals surface area contributed by atoms with Gasteiger partial charge in [-0.2, -0.15) is 5.10 Å². The fraction of sp³-hybridized carbons (Fsp3) is 0.536. The zero-order valence-corrected chi connectivity index (χ0v) is 21.7. The number of aliphatic hydroxyl groups is 1. The maximum absolute atomic E-state index is 12.5. The van der Waals surface area contributed by atoms with Gasteiger partial charge in [0, 0.05) is 54.5 Å². The lowest BCUT2D eigenvalue weighted by Gasteiger charge is -2.55. The Bertz CT molecular complexity index is 1130. The van der Waals surface area contributed by atoms with Crippen molar-refractivity contribution < 1.29 is 5.11 Å². The van der Waals surface area contributed by atoms with Crippen LogP contribution in [0.4, 0.5) is 0 Å². The third-order valence-electron chi connectivity index (χ3n) is 7.19. The fourth-order valence-corrected chi connectivity index (χ4v) is 5.39. The van der Waals surface area contributed by atoms with Crippen molar-refractivity contribution in [2.75, 3.05) is 20.1 Å². The molecule has 6 heteroatoms. The van der Waals surface area contributed by atoms with E-state index in [1.807, 2.05) is 10.7 Å². The molecule has 1 saturated heterocycles. The summed E-state index contributed by atoms with van der Waals surface area (Å²) in [5, 5.41) is 17.3. The molecule has 0 spiro atoms. The van der Waals surface area contributed by atoms with Crippen LogP contribution in [-0.4, -0.2) is 49.9 Å².